The van der Waals surface area contributed by atoms with Gasteiger partial charge in [-0.2, -0.15) is 0 Å². The molecular weight excluding hydrogens is 412 g/mol. The molecule has 0 radical (unpaired) electrons. The lowest BCUT2D eigenvalue weighted by atomic mass is 10.0. The number of hydrogen-bond acceptors (Lipinski definition) is 3. The standard InChI is InChI=1S/C27H28N4O2/c1-17-6-4-5-7-25(17)23-10-19(15-29-16-23)11-26(32)31-24-9-8-20-12-21(13-22(20)14-24)18(2)30-27(33)28-3/h4-10,14-16,21H,2,11-13H2,1,3H3,(H,31,32)(H2,28,30,33). The Morgan fingerprint density at radius 3 is 2.64 bits per heavy atom. The van der Waals surface area contributed by atoms with E-state index >= 15 is 0 Å². The van der Waals surface area contributed by atoms with E-state index in [4.69, 9.17) is 0 Å². The minimum absolute atomic E-state index is 0.0843. The van der Waals surface area contributed by atoms with Crippen LogP contribution in [0.5, 0.6) is 0 Å². The number of pyridine rings is 1. The van der Waals surface area contributed by atoms with Gasteiger partial charge in [0.15, 0.2) is 0 Å². The summed E-state index contributed by atoms with van der Waals surface area (Å²) in [5, 5.41) is 8.33. The summed E-state index contributed by atoms with van der Waals surface area (Å²) in [6.45, 7) is 6.08. The fourth-order valence-corrected chi connectivity index (χ4v) is 4.27. The Hall–Kier alpha value is -3.93. The first-order valence-corrected chi connectivity index (χ1v) is 11.0. The van der Waals surface area contributed by atoms with Crippen LogP contribution in [-0.4, -0.2) is 24.0 Å². The Morgan fingerprint density at radius 1 is 1.06 bits per heavy atom. The molecule has 4 rings (SSSR count). The number of allylic oxidation sites excluding steroid dienone is 1. The van der Waals surface area contributed by atoms with Crippen molar-refractivity contribution in [3.8, 4) is 11.1 Å². The number of carbonyl (C=O) groups excluding carboxylic acids is 2. The van der Waals surface area contributed by atoms with E-state index in [2.05, 4.69) is 46.6 Å². The van der Waals surface area contributed by atoms with Crippen LogP contribution in [0.3, 0.4) is 0 Å². The summed E-state index contributed by atoms with van der Waals surface area (Å²) < 4.78 is 0. The van der Waals surface area contributed by atoms with Gasteiger partial charge in [-0.05, 0) is 65.8 Å². The number of benzene rings is 2. The predicted molar refractivity (Wildman–Crippen MR) is 131 cm³/mol. The van der Waals surface area contributed by atoms with Crippen LogP contribution in [0, 0.1) is 12.8 Å². The summed E-state index contributed by atoms with van der Waals surface area (Å²) in [5.74, 6) is 0.0671. The van der Waals surface area contributed by atoms with Gasteiger partial charge in [-0.25, -0.2) is 4.79 Å². The topological polar surface area (TPSA) is 83.1 Å². The maximum Gasteiger partial charge on any atom is 0.318 e. The third-order valence-electron chi connectivity index (χ3n) is 6.03. The number of nitrogens with one attached hydrogen (secondary N) is 3. The minimum atomic E-state index is -0.259. The minimum Gasteiger partial charge on any atom is -0.341 e. The van der Waals surface area contributed by atoms with Crippen molar-refractivity contribution in [2.45, 2.75) is 26.2 Å². The van der Waals surface area contributed by atoms with Gasteiger partial charge in [0.1, 0.15) is 0 Å². The van der Waals surface area contributed by atoms with Crippen LogP contribution < -0.4 is 16.0 Å². The van der Waals surface area contributed by atoms with E-state index in [-0.39, 0.29) is 24.3 Å². The van der Waals surface area contributed by atoms with Crippen LogP contribution in [0.1, 0.15) is 22.3 Å². The van der Waals surface area contributed by atoms with E-state index < -0.39 is 0 Å². The molecule has 2 aromatic carbocycles. The molecule has 33 heavy (non-hydrogen) atoms. The SMILES string of the molecule is C=C(NC(=O)NC)C1Cc2ccc(NC(=O)Cc3cncc(-c4ccccc4C)c3)cc2C1. The lowest BCUT2D eigenvalue weighted by Gasteiger charge is -2.13. The Balaban J connectivity index is 1.39. The number of aryl methyl sites for hydroxylation is 1. The second kappa shape index (κ2) is 9.69. The van der Waals surface area contributed by atoms with E-state index in [0.717, 1.165) is 35.2 Å². The van der Waals surface area contributed by atoms with E-state index in [1.165, 1.54) is 16.7 Å². The lowest BCUT2D eigenvalue weighted by Crippen LogP contribution is -2.34. The molecule has 0 aliphatic heterocycles. The van der Waals surface area contributed by atoms with Gasteiger partial charge in [0.2, 0.25) is 5.91 Å². The molecular formula is C27H28N4O2. The second-order valence-corrected chi connectivity index (χ2v) is 8.44. The van der Waals surface area contributed by atoms with Gasteiger partial charge in [0.05, 0.1) is 6.42 Å². The molecule has 3 N–H and O–H groups in total. The van der Waals surface area contributed by atoms with Gasteiger partial charge in [-0.15, -0.1) is 0 Å². The summed E-state index contributed by atoms with van der Waals surface area (Å²) in [7, 11) is 1.58. The highest BCUT2D eigenvalue weighted by Crippen LogP contribution is 2.32. The third kappa shape index (κ3) is 5.29. The molecule has 1 aliphatic carbocycles. The van der Waals surface area contributed by atoms with Crippen LogP contribution >= 0.6 is 0 Å². The molecule has 168 valence electrons. The van der Waals surface area contributed by atoms with Crippen molar-refractivity contribution in [2.75, 3.05) is 12.4 Å². The van der Waals surface area contributed by atoms with Crippen LogP contribution in [0.15, 0.2) is 73.2 Å². The van der Waals surface area contributed by atoms with Crippen molar-refractivity contribution in [1.82, 2.24) is 15.6 Å². The van der Waals surface area contributed by atoms with E-state index in [9.17, 15) is 9.59 Å². The molecule has 0 spiro atoms. The Labute approximate surface area is 194 Å². The largest absolute Gasteiger partial charge is 0.341 e. The first kappa shape index (κ1) is 22.3. The van der Waals surface area contributed by atoms with E-state index in [0.29, 0.717) is 5.70 Å². The predicted octanol–water partition coefficient (Wildman–Crippen LogP) is 4.40. The highest BCUT2D eigenvalue weighted by molar-refractivity contribution is 5.92. The van der Waals surface area contributed by atoms with Crippen molar-refractivity contribution in [1.29, 1.82) is 0 Å². The zero-order valence-corrected chi connectivity index (χ0v) is 18.9. The number of anilines is 1. The van der Waals surface area contributed by atoms with E-state index in [1.807, 2.05) is 42.6 Å². The van der Waals surface area contributed by atoms with Crippen molar-refractivity contribution in [3.63, 3.8) is 0 Å². The maximum atomic E-state index is 12.7. The summed E-state index contributed by atoms with van der Waals surface area (Å²) >= 11 is 0. The molecule has 0 bridgehead atoms. The maximum absolute atomic E-state index is 12.7. The molecule has 0 fully saturated rings. The lowest BCUT2D eigenvalue weighted by molar-refractivity contribution is -0.115. The number of amides is 3. The number of urea groups is 1. The van der Waals surface area contributed by atoms with Crippen molar-refractivity contribution in [2.24, 2.45) is 5.92 Å². The average molecular weight is 441 g/mol. The van der Waals surface area contributed by atoms with Gasteiger partial charge in [-0.1, -0.05) is 36.9 Å². The quantitative estimate of drug-likeness (QED) is 0.531. The number of aromatic nitrogens is 1. The molecule has 1 aromatic heterocycles. The molecule has 1 unspecified atom stereocenters. The van der Waals surface area contributed by atoms with Crippen molar-refractivity contribution >= 4 is 17.6 Å². The van der Waals surface area contributed by atoms with Crippen LogP contribution in [0.25, 0.3) is 11.1 Å². The van der Waals surface area contributed by atoms with Crippen LogP contribution in [0.4, 0.5) is 10.5 Å². The monoisotopic (exact) mass is 440 g/mol. The highest BCUT2D eigenvalue weighted by atomic mass is 16.2. The molecule has 3 aromatic rings. The molecule has 1 heterocycles. The number of hydrogen-bond donors (Lipinski definition) is 3. The van der Waals surface area contributed by atoms with Crippen molar-refractivity contribution in [3.05, 3.63) is 95.5 Å². The molecule has 6 nitrogen and oxygen atoms in total. The number of carbonyl (C=O) groups is 2. The number of rotatable bonds is 6. The van der Waals surface area contributed by atoms with Crippen LogP contribution in [-0.2, 0) is 24.1 Å². The van der Waals surface area contributed by atoms with Crippen molar-refractivity contribution < 1.29 is 9.59 Å². The molecule has 1 atom stereocenters. The third-order valence-corrected chi connectivity index (χ3v) is 6.03. The highest BCUT2D eigenvalue weighted by Gasteiger charge is 2.25. The zero-order valence-electron chi connectivity index (χ0n) is 18.9. The van der Waals surface area contributed by atoms with Gasteiger partial charge in [0, 0.05) is 42.3 Å². The number of nitrogens with zero attached hydrogens (tertiary/aromatic N) is 1. The summed E-state index contributed by atoms with van der Waals surface area (Å²) in [6.07, 6.45) is 5.42. The smallest absolute Gasteiger partial charge is 0.318 e. The average Bonchev–Trinajstić information content (AvgIpc) is 3.23. The molecule has 3 amide bonds. The summed E-state index contributed by atoms with van der Waals surface area (Å²) in [6, 6.07) is 15.9. The van der Waals surface area contributed by atoms with E-state index in [1.54, 1.807) is 13.2 Å². The zero-order chi connectivity index (χ0) is 23.4. The molecule has 6 heteroatoms. The number of fused-ring (bicyclic) bond motifs is 1. The van der Waals surface area contributed by atoms with Gasteiger partial charge in [0.25, 0.3) is 0 Å². The normalized spacial score (nSPS) is 14.3. The first-order valence-electron chi connectivity index (χ1n) is 11.0. The fourth-order valence-electron chi connectivity index (χ4n) is 4.27. The Bertz CT molecular complexity index is 1220. The second-order valence-electron chi connectivity index (χ2n) is 8.44. The van der Waals surface area contributed by atoms with Gasteiger partial charge < -0.3 is 16.0 Å². The Morgan fingerprint density at radius 2 is 1.85 bits per heavy atom. The summed E-state index contributed by atoms with van der Waals surface area (Å²) in [5.41, 5.74) is 8.02. The fraction of sp³-hybridized carbons (Fsp3) is 0.222. The molecule has 1 aliphatic rings. The molecule has 0 saturated carbocycles. The Kier molecular flexibility index (Phi) is 6.54. The first-order chi connectivity index (χ1) is 15.9. The van der Waals surface area contributed by atoms with Gasteiger partial charge in [-0.3, -0.25) is 9.78 Å². The van der Waals surface area contributed by atoms with Gasteiger partial charge >= 0.3 is 6.03 Å². The summed E-state index contributed by atoms with van der Waals surface area (Å²) in [4.78, 5) is 28.6. The van der Waals surface area contributed by atoms with Crippen LogP contribution in [0.2, 0.25) is 0 Å². The molecule has 0 saturated heterocycles.